The SMILES string of the molecule is CC(C)Oc1cccc(C=C2Oc3ccc(C(=O)O)cc3C2=O)c1. The molecule has 1 aliphatic heterocycles. The number of allylic oxidation sites excluding steroid dienone is 1. The van der Waals surface area contributed by atoms with Gasteiger partial charge in [0.05, 0.1) is 17.2 Å². The number of fused-ring (bicyclic) bond motifs is 1. The predicted octanol–water partition coefficient (Wildman–Crippen LogP) is 3.79. The lowest BCUT2D eigenvalue weighted by atomic mass is 10.1. The van der Waals surface area contributed by atoms with E-state index in [4.69, 9.17) is 14.6 Å². The molecule has 0 unspecified atom stereocenters. The number of carboxylic acids is 1. The number of carbonyl (C=O) groups excluding carboxylic acids is 1. The Labute approximate surface area is 139 Å². The highest BCUT2D eigenvalue weighted by atomic mass is 16.5. The molecule has 2 aromatic rings. The topological polar surface area (TPSA) is 72.8 Å². The van der Waals surface area contributed by atoms with Crippen LogP contribution < -0.4 is 9.47 Å². The smallest absolute Gasteiger partial charge is 0.335 e. The average molecular weight is 324 g/mol. The molecule has 0 spiro atoms. The number of hydrogen-bond donors (Lipinski definition) is 1. The van der Waals surface area contributed by atoms with Crippen LogP contribution in [0.5, 0.6) is 11.5 Å². The second kappa shape index (κ2) is 6.20. The Balaban J connectivity index is 1.90. The van der Waals surface area contributed by atoms with Crippen LogP contribution in [0.2, 0.25) is 0 Å². The zero-order valence-electron chi connectivity index (χ0n) is 13.3. The summed E-state index contributed by atoms with van der Waals surface area (Å²) in [6.45, 7) is 3.87. The fourth-order valence-corrected chi connectivity index (χ4v) is 2.42. The van der Waals surface area contributed by atoms with Crippen LogP contribution in [0.25, 0.3) is 6.08 Å². The van der Waals surface area contributed by atoms with Crippen molar-refractivity contribution in [3.05, 3.63) is 64.9 Å². The van der Waals surface area contributed by atoms with Crippen molar-refractivity contribution < 1.29 is 24.2 Å². The molecule has 122 valence electrons. The highest BCUT2D eigenvalue weighted by molar-refractivity contribution is 6.15. The molecule has 0 aliphatic carbocycles. The van der Waals surface area contributed by atoms with E-state index < -0.39 is 5.97 Å². The van der Waals surface area contributed by atoms with Gasteiger partial charge in [0, 0.05) is 0 Å². The summed E-state index contributed by atoms with van der Waals surface area (Å²) in [4.78, 5) is 23.4. The molecule has 0 amide bonds. The normalized spacial score (nSPS) is 14.6. The Kier molecular flexibility index (Phi) is 4.08. The summed E-state index contributed by atoms with van der Waals surface area (Å²) >= 11 is 0. The number of Topliss-reactive ketones (excluding diaryl/α,β-unsaturated/α-hetero) is 1. The van der Waals surface area contributed by atoms with Gasteiger partial charge in [-0.05, 0) is 55.8 Å². The second-order valence-corrected chi connectivity index (χ2v) is 5.69. The maximum absolute atomic E-state index is 12.4. The third-order valence-electron chi connectivity index (χ3n) is 3.44. The van der Waals surface area contributed by atoms with E-state index >= 15 is 0 Å². The Bertz CT molecular complexity index is 849. The van der Waals surface area contributed by atoms with Crippen molar-refractivity contribution in [1.82, 2.24) is 0 Å². The number of ether oxygens (including phenoxy) is 2. The van der Waals surface area contributed by atoms with Crippen molar-refractivity contribution in [2.75, 3.05) is 0 Å². The van der Waals surface area contributed by atoms with E-state index in [1.807, 2.05) is 38.1 Å². The van der Waals surface area contributed by atoms with Gasteiger partial charge >= 0.3 is 5.97 Å². The van der Waals surface area contributed by atoms with Crippen molar-refractivity contribution in [1.29, 1.82) is 0 Å². The van der Waals surface area contributed by atoms with Gasteiger partial charge in [-0.25, -0.2) is 4.79 Å². The van der Waals surface area contributed by atoms with Crippen LogP contribution in [0.15, 0.2) is 48.2 Å². The summed E-state index contributed by atoms with van der Waals surface area (Å²) in [7, 11) is 0. The first kappa shape index (κ1) is 15.8. The quantitative estimate of drug-likeness (QED) is 0.866. The van der Waals surface area contributed by atoms with Crippen molar-refractivity contribution in [2.45, 2.75) is 20.0 Å². The monoisotopic (exact) mass is 324 g/mol. The minimum Gasteiger partial charge on any atom is -0.491 e. The molecule has 5 nitrogen and oxygen atoms in total. The molecule has 24 heavy (non-hydrogen) atoms. The number of carboxylic acid groups (broad SMARTS) is 1. The van der Waals surface area contributed by atoms with Gasteiger partial charge in [0.1, 0.15) is 11.5 Å². The van der Waals surface area contributed by atoms with Crippen molar-refractivity contribution in [3.8, 4) is 11.5 Å². The third kappa shape index (κ3) is 3.15. The molecule has 0 fully saturated rings. The molecule has 0 bridgehead atoms. The summed E-state index contributed by atoms with van der Waals surface area (Å²) in [5, 5.41) is 9.03. The third-order valence-corrected chi connectivity index (χ3v) is 3.44. The molecule has 0 saturated carbocycles. The summed E-state index contributed by atoms with van der Waals surface area (Å²) in [5.41, 5.74) is 1.08. The highest BCUT2D eigenvalue weighted by Gasteiger charge is 2.28. The Morgan fingerprint density at radius 3 is 2.71 bits per heavy atom. The predicted molar refractivity (Wildman–Crippen MR) is 88.5 cm³/mol. The summed E-state index contributed by atoms with van der Waals surface area (Å²) in [6.07, 6.45) is 1.67. The first-order valence-corrected chi connectivity index (χ1v) is 7.52. The van der Waals surface area contributed by atoms with E-state index in [-0.39, 0.29) is 28.8 Å². The van der Waals surface area contributed by atoms with E-state index in [1.54, 1.807) is 6.08 Å². The molecule has 2 aromatic carbocycles. The largest absolute Gasteiger partial charge is 0.491 e. The van der Waals surface area contributed by atoms with Gasteiger partial charge in [-0.1, -0.05) is 12.1 Å². The standard InChI is InChI=1S/C19H16O5/c1-11(2)23-14-5-3-4-12(8-14)9-17-18(20)15-10-13(19(21)22)6-7-16(15)24-17/h3-11H,1-2H3,(H,21,22). The molecule has 0 atom stereocenters. The Morgan fingerprint density at radius 2 is 2.00 bits per heavy atom. The summed E-state index contributed by atoms with van der Waals surface area (Å²) < 4.78 is 11.2. The molecule has 1 aliphatic rings. The van der Waals surface area contributed by atoms with Crippen LogP contribution in [0.3, 0.4) is 0 Å². The molecular weight excluding hydrogens is 308 g/mol. The van der Waals surface area contributed by atoms with Gasteiger partial charge in [-0.2, -0.15) is 0 Å². The van der Waals surface area contributed by atoms with Gasteiger partial charge in [-0.3, -0.25) is 4.79 Å². The van der Waals surface area contributed by atoms with Gasteiger partial charge < -0.3 is 14.6 Å². The van der Waals surface area contributed by atoms with Crippen molar-refractivity contribution in [2.24, 2.45) is 0 Å². The lowest BCUT2D eigenvalue weighted by Crippen LogP contribution is -2.05. The van der Waals surface area contributed by atoms with E-state index in [1.165, 1.54) is 18.2 Å². The number of carbonyl (C=O) groups is 2. The van der Waals surface area contributed by atoms with E-state index in [9.17, 15) is 9.59 Å². The lowest BCUT2D eigenvalue weighted by molar-refractivity contribution is 0.0697. The molecule has 5 heteroatoms. The summed E-state index contributed by atoms with van der Waals surface area (Å²) in [6, 6.07) is 11.6. The highest BCUT2D eigenvalue weighted by Crippen LogP contribution is 2.32. The number of rotatable bonds is 4. The van der Waals surface area contributed by atoms with Crippen LogP contribution >= 0.6 is 0 Å². The molecule has 0 radical (unpaired) electrons. The second-order valence-electron chi connectivity index (χ2n) is 5.69. The van der Waals surface area contributed by atoms with Gasteiger partial charge in [0.25, 0.3) is 0 Å². The fourth-order valence-electron chi connectivity index (χ4n) is 2.42. The number of ketones is 1. The van der Waals surface area contributed by atoms with Crippen LogP contribution in [-0.4, -0.2) is 23.0 Å². The van der Waals surface area contributed by atoms with E-state index in [2.05, 4.69) is 0 Å². The van der Waals surface area contributed by atoms with Crippen LogP contribution in [0, 0.1) is 0 Å². The molecule has 1 N–H and O–H groups in total. The first-order valence-electron chi connectivity index (χ1n) is 7.52. The molecule has 1 heterocycles. The van der Waals surface area contributed by atoms with Crippen molar-refractivity contribution in [3.63, 3.8) is 0 Å². The average Bonchev–Trinajstić information content (AvgIpc) is 2.83. The molecule has 0 aromatic heterocycles. The van der Waals surface area contributed by atoms with Gasteiger partial charge in [0.2, 0.25) is 5.78 Å². The molecule has 3 rings (SSSR count). The zero-order valence-corrected chi connectivity index (χ0v) is 13.3. The Hall–Kier alpha value is -3.08. The zero-order chi connectivity index (χ0) is 17.3. The van der Waals surface area contributed by atoms with Crippen LogP contribution in [0.4, 0.5) is 0 Å². The Morgan fingerprint density at radius 1 is 1.21 bits per heavy atom. The maximum Gasteiger partial charge on any atom is 0.335 e. The van der Waals surface area contributed by atoms with Gasteiger partial charge in [0.15, 0.2) is 5.76 Å². The minimum absolute atomic E-state index is 0.0518. The van der Waals surface area contributed by atoms with Gasteiger partial charge in [-0.15, -0.1) is 0 Å². The number of hydrogen-bond acceptors (Lipinski definition) is 4. The molecular formula is C19H16O5. The molecule has 0 saturated heterocycles. The van der Waals surface area contributed by atoms with Crippen LogP contribution in [-0.2, 0) is 0 Å². The fraction of sp³-hybridized carbons (Fsp3) is 0.158. The maximum atomic E-state index is 12.4. The minimum atomic E-state index is -1.08. The van der Waals surface area contributed by atoms with Crippen LogP contribution in [0.1, 0.15) is 40.1 Å². The van der Waals surface area contributed by atoms with E-state index in [0.717, 1.165) is 5.56 Å². The first-order chi connectivity index (χ1) is 11.4. The van der Waals surface area contributed by atoms with Crippen molar-refractivity contribution >= 4 is 17.8 Å². The lowest BCUT2D eigenvalue weighted by Gasteiger charge is -2.09. The van der Waals surface area contributed by atoms with E-state index in [0.29, 0.717) is 11.5 Å². The number of aromatic carboxylic acids is 1. The summed E-state index contributed by atoms with van der Waals surface area (Å²) in [5.74, 6) is -0.180. The number of benzene rings is 2.